The van der Waals surface area contributed by atoms with Crippen molar-refractivity contribution < 1.29 is 4.74 Å². The molecule has 2 aliphatic heterocycles. The fourth-order valence-corrected chi connectivity index (χ4v) is 2.77. The van der Waals surface area contributed by atoms with Crippen LogP contribution in [-0.4, -0.2) is 19.3 Å². The standard InChI is InChI=1S/C16H21NO/c1-11(2)14-7-6-13-5-4-12(3)17(16(13)8-14)15-9-18-10-15/h6-8,11,15H,3-5,9-10H2,1-2H3. The Balaban J connectivity index is 2.02. The molecule has 2 nitrogen and oxygen atoms in total. The Morgan fingerprint density at radius 3 is 2.67 bits per heavy atom. The second kappa shape index (κ2) is 4.43. The van der Waals surface area contributed by atoms with Crippen molar-refractivity contribution in [3.05, 3.63) is 41.6 Å². The van der Waals surface area contributed by atoms with Crippen molar-refractivity contribution in [3.8, 4) is 0 Å². The van der Waals surface area contributed by atoms with Gasteiger partial charge in [0.05, 0.1) is 19.3 Å². The molecule has 0 spiro atoms. The lowest BCUT2D eigenvalue weighted by Crippen LogP contribution is -2.49. The highest BCUT2D eigenvalue weighted by Crippen LogP contribution is 2.37. The van der Waals surface area contributed by atoms with Crippen molar-refractivity contribution in [2.75, 3.05) is 18.1 Å². The van der Waals surface area contributed by atoms with Gasteiger partial charge in [-0.25, -0.2) is 0 Å². The molecule has 2 aliphatic rings. The van der Waals surface area contributed by atoms with Gasteiger partial charge in [-0.15, -0.1) is 0 Å². The zero-order valence-corrected chi connectivity index (χ0v) is 11.3. The van der Waals surface area contributed by atoms with E-state index < -0.39 is 0 Å². The molecule has 0 radical (unpaired) electrons. The van der Waals surface area contributed by atoms with Gasteiger partial charge >= 0.3 is 0 Å². The van der Waals surface area contributed by atoms with Gasteiger partial charge in [-0.3, -0.25) is 0 Å². The van der Waals surface area contributed by atoms with E-state index in [1.165, 1.54) is 22.5 Å². The Labute approximate surface area is 109 Å². The van der Waals surface area contributed by atoms with Crippen molar-refractivity contribution in [1.82, 2.24) is 0 Å². The molecule has 1 aromatic rings. The maximum absolute atomic E-state index is 5.35. The number of aryl methyl sites for hydroxylation is 1. The first-order valence-corrected chi connectivity index (χ1v) is 6.84. The Bertz CT molecular complexity index is 474. The van der Waals surface area contributed by atoms with E-state index >= 15 is 0 Å². The highest BCUT2D eigenvalue weighted by molar-refractivity contribution is 5.63. The first-order valence-electron chi connectivity index (χ1n) is 6.84. The first kappa shape index (κ1) is 11.8. The molecule has 0 atom stereocenters. The van der Waals surface area contributed by atoms with Gasteiger partial charge in [0.25, 0.3) is 0 Å². The van der Waals surface area contributed by atoms with Crippen molar-refractivity contribution in [1.29, 1.82) is 0 Å². The summed E-state index contributed by atoms with van der Waals surface area (Å²) in [5.41, 5.74) is 5.48. The minimum absolute atomic E-state index is 0.499. The average Bonchev–Trinajstić information content (AvgIpc) is 2.29. The van der Waals surface area contributed by atoms with Crippen LogP contribution in [-0.2, 0) is 11.2 Å². The number of allylic oxidation sites excluding steroid dienone is 1. The Hall–Kier alpha value is -1.28. The van der Waals surface area contributed by atoms with Gasteiger partial charge in [0.1, 0.15) is 0 Å². The highest BCUT2D eigenvalue weighted by Gasteiger charge is 2.31. The van der Waals surface area contributed by atoms with Crippen molar-refractivity contribution in [2.45, 2.75) is 38.6 Å². The van der Waals surface area contributed by atoms with Crippen molar-refractivity contribution in [3.63, 3.8) is 0 Å². The van der Waals surface area contributed by atoms with Crippen LogP contribution in [0.1, 0.15) is 37.3 Å². The molecule has 0 aliphatic carbocycles. The fraction of sp³-hybridized carbons (Fsp3) is 0.500. The van der Waals surface area contributed by atoms with E-state index in [2.05, 4.69) is 43.5 Å². The van der Waals surface area contributed by atoms with Crippen LogP contribution >= 0.6 is 0 Å². The minimum Gasteiger partial charge on any atom is -0.377 e. The third kappa shape index (κ3) is 1.85. The summed E-state index contributed by atoms with van der Waals surface area (Å²) < 4.78 is 5.35. The smallest absolute Gasteiger partial charge is 0.0806 e. The average molecular weight is 243 g/mol. The molecular formula is C16H21NO. The number of anilines is 1. The molecule has 2 heteroatoms. The van der Waals surface area contributed by atoms with E-state index in [0.29, 0.717) is 12.0 Å². The molecule has 1 fully saturated rings. The molecule has 1 aromatic carbocycles. The van der Waals surface area contributed by atoms with E-state index in [1.54, 1.807) is 0 Å². The summed E-state index contributed by atoms with van der Waals surface area (Å²) in [6, 6.07) is 7.42. The number of benzene rings is 1. The molecule has 1 saturated heterocycles. The number of hydrogen-bond donors (Lipinski definition) is 0. The lowest BCUT2D eigenvalue weighted by Gasteiger charge is -2.43. The van der Waals surface area contributed by atoms with Crippen LogP contribution in [0.4, 0.5) is 5.69 Å². The number of ether oxygens (including phenoxy) is 1. The Morgan fingerprint density at radius 1 is 1.28 bits per heavy atom. The zero-order valence-electron chi connectivity index (χ0n) is 11.3. The largest absolute Gasteiger partial charge is 0.377 e. The number of nitrogens with zero attached hydrogens (tertiary/aromatic N) is 1. The molecule has 0 N–H and O–H groups in total. The third-order valence-corrected chi connectivity index (χ3v) is 4.04. The van der Waals surface area contributed by atoms with Gasteiger partial charge in [0.2, 0.25) is 0 Å². The summed E-state index contributed by atoms with van der Waals surface area (Å²) in [6.07, 6.45) is 2.20. The van der Waals surface area contributed by atoms with E-state index in [1.807, 2.05) is 0 Å². The molecule has 0 saturated carbocycles. The van der Waals surface area contributed by atoms with E-state index in [0.717, 1.165) is 26.1 Å². The van der Waals surface area contributed by atoms with Gasteiger partial charge in [0.15, 0.2) is 0 Å². The number of rotatable bonds is 2. The molecule has 2 heterocycles. The normalized spacial score (nSPS) is 19.9. The first-order chi connectivity index (χ1) is 8.66. The van der Waals surface area contributed by atoms with Crippen LogP contribution in [0.3, 0.4) is 0 Å². The summed E-state index contributed by atoms with van der Waals surface area (Å²) in [5.74, 6) is 0.574. The Kier molecular flexibility index (Phi) is 2.90. The van der Waals surface area contributed by atoms with Gasteiger partial charge < -0.3 is 9.64 Å². The molecule has 0 aromatic heterocycles. The molecule has 0 amide bonds. The van der Waals surface area contributed by atoms with E-state index in [4.69, 9.17) is 4.74 Å². The second-order valence-corrected chi connectivity index (χ2v) is 5.67. The predicted octanol–water partition coefficient (Wildman–Crippen LogP) is 3.48. The van der Waals surface area contributed by atoms with Gasteiger partial charge in [-0.1, -0.05) is 32.6 Å². The van der Waals surface area contributed by atoms with Crippen molar-refractivity contribution >= 4 is 5.69 Å². The van der Waals surface area contributed by atoms with Crippen LogP contribution in [0.15, 0.2) is 30.5 Å². The van der Waals surface area contributed by atoms with Gasteiger partial charge in [-0.2, -0.15) is 0 Å². The molecule has 3 rings (SSSR count). The second-order valence-electron chi connectivity index (χ2n) is 5.67. The van der Waals surface area contributed by atoms with Crippen LogP contribution in [0, 0.1) is 0 Å². The maximum Gasteiger partial charge on any atom is 0.0806 e. The topological polar surface area (TPSA) is 12.5 Å². The van der Waals surface area contributed by atoms with E-state index in [-0.39, 0.29) is 0 Å². The predicted molar refractivity (Wildman–Crippen MR) is 75.1 cm³/mol. The van der Waals surface area contributed by atoms with E-state index in [9.17, 15) is 0 Å². The number of hydrogen-bond acceptors (Lipinski definition) is 2. The minimum atomic E-state index is 0.499. The van der Waals surface area contributed by atoms with Crippen LogP contribution in [0.25, 0.3) is 0 Å². The summed E-state index contributed by atoms with van der Waals surface area (Å²) in [5, 5.41) is 0. The maximum atomic E-state index is 5.35. The lowest BCUT2D eigenvalue weighted by atomic mass is 9.93. The lowest BCUT2D eigenvalue weighted by molar-refractivity contribution is 0.0102. The molecule has 18 heavy (non-hydrogen) atoms. The van der Waals surface area contributed by atoms with Crippen LogP contribution in [0.2, 0.25) is 0 Å². The van der Waals surface area contributed by atoms with Gasteiger partial charge in [0, 0.05) is 11.4 Å². The summed E-state index contributed by atoms with van der Waals surface area (Å²) in [4.78, 5) is 2.41. The van der Waals surface area contributed by atoms with Crippen LogP contribution in [0.5, 0.6) is 0 Å². The fourth-order valence-electron chi connectivity index (χ4n) is 2.77. The third-order valence-electron chi connectivity index (χ3n) is 4.04. The van der Waals surface area contributed by atoms with Gasteiger partial charge in [-0.05, 0) is 36.0 Å². The Morgan fingerprint density at radius 2 is 2.06 bits per heavy atom. The van der Waals surface area contributed by atoms with Crippen molar-refractivity contribution in [2.24, 2.45) is 0 Å². The zero-order chi connectivity index (χ0) is 12.7. The SMILES string of the molecule is C=C1CCc2ccc(C(C)C)cc2N1C1COC1. The quantitative estimate of drug-likeness (QED) is 0.788. The molecule has 0 bridgehead atoms. The molecule has 96 valence electrons. The molecule has 0 unspecified atom stereocenters. The van der Waals surface area contributed by atoms with Crippen LogP contribution < -0.4 is 4.90 Å². The highest BCUT2D eigenvalue weighted by atomic mass is 16.5. The summed E-state index contributed by atoms with van der Waals surface area (Å²) in [7, 11) is 0. The number of fused-ring (bicyclic) bond motifs is 1. The summed E-state index contributed by atoms with van der Waals surface area (Å²) >= 11 is 0. The summed E-state index contributed by atoms with van der Waals surface area (Å²) in [6.45, 7) is 10.4. The monoisotopic (exact) mass is 243 g/mol. The molecular weight excluding hydrogens is 222 g/mol.